The van der Waals surface area contributed by atoms with E-state index in [1.54, 1.807) is 24.3 Å². The average Bonchev–Trinajstić information content (AvgIpc) is 3.35. The van der Waals surface area contributed by atoms with Crippen molar-refractivity contribution >= 4 is 27.5 Å². The second-order valence-electron chi connectivity index (χ2n) is 6.66. The number of hydrogen-bond acceptors (Lipinski definition) is 4. The number of carbonyl (C=O) groups is 1. The minimum atomic E-state index is -4.93. The van der Waals surface area contributed by atoms with E-state index in [0.29, 0.717) is 14.9 Å². The Bertz CT molecular complexity index is 1260. The van der Waals surface area contributed by atoms with Gasteiger partial charge >= 0.3 is 12.4 Å². The smallest absolute Gasteiger partial charge is 0.348 e. The van der Waals surface area contributed by atoms with Gasteiger partial charge in [0.1, 0.15) is 0 Å². The van der Waals surface area contributed by atoms with Crippen molar-refractivity contribution in [2.24, 2.45) is 0 Å². The summed E-state index contributed by atoms with van der Waals surface area (Å²) >= 11 is 0.971. The number of para-hydroxylation sites is 1. The van der Waals surface area contributed by atoms with Crippen LogP contribution in [0.3, 0.4) is 0 Å². The third-order valence-electron chi connectivity index (χ3n) is 4.45. The first-order valence-corrected chi connectivity index (χ1v) is 9.81. The number of alkyl halides is 6. The SMILES string of the molecule is O=C(NCc1cccc(C(F)(F)F)c1)c1cnn(-c2nc3ccccc3s2)c1C(F)(F)F. The predicted octanol–water partition coefficient (Wildman–Crippen LogP) is 5.45. The van der Waals surface area contributed by atoms with Crippen LogP contribution in [0.2, 0.25) is 0 Å². The lowest BCUT2D eigenvalue weighted by Crippen LogP contribution is -2.26. The molecule has 0 unspecified atom stereocenters. The Labute approximate surface area is 180 Å². The topological polar surface area (TPSA) is 59.8 Å². The van der Waals surface area contributed by atoms with E-state index in [4.69, 9.17) is 0 Å². The molecular weight excluding hydrogens is 458 g/mol. The number of thiazole rings is 1. The fourth-order valence-electron chi connectivity index (χ4n) is 3.02. The molecular formula is C20H12F6N4OS. The molecule has 4 aromatic rings. The zero-order chi connectivity index (χ0) is 23.1. The lowest BCUT2D eigenvalue weighted by Gasteiger charge is -2.12. The number of benzene rings is 2. The zero-order valence-electron chi connectivity index (χ0n) is 15.8. The molecule has 12 heteroatoms. The molecule has 0 fully saturated rings. The van der Waals surface area contributed by atoms with Crippen LogP contribution in [0.1, 0.15) is 27.2 Å². The van der Waals surface area contributed by atoms with Crippen LogP contribution in [0.5, 0.6) is 0 Å². The summed E-state index contributed by atoms with van der Waals surface area (Å²) in [4.78, 5) is 16.6. The summed E-state index contributed by atoms with van der Waals surface area (Å²) in [6, 6.07) is 10.9. The quantitative estimate of drug-likeness (QED) is 0.404. The minimum absolute atomic E-state index is 0.0737. The number of hydrogen-bond donors (Lipinski definition) is 1. The maximum Gasteiger partial charge on any atom is 0.434 e. The molecule has 2 aromatic carbocycles. The van der Waals surface area contributed by atoms with Gasteiger partial charge in [-0.05, 0) is 29.8 Å². The Balaban J connectivity index is 1.63. The molecule has 5 nitrogen and oxygen atoms in total. The van der Waals surface area contributed by atoms with Crippen molar-refractivity contribution in [2.45, 2.75) is 18.9 Å². The van der Waals surface area contributed by atoms with E-state index in [1.165, 1.54) is 6.07 Å². The maximum absolute atomic E-state index is 13.8. The molecule has 0 saturated heterocycles. The zero-order valence-corrected chi connectivity index (χ0v) is 16.6. The number of carbonyl (C=O) groups excluding carboxylic acids is 1. The van der Waals surface area contributed by atoms with E-state index in [1.807, 2.05) is 0 Å². The Morgan fingerprint density at radius 2 is 1.75 bits per heavy atom. The summed E-state index contributed by atoms with van der Waals surface area (Å²) in [5.41, 5.74) is -2.45. The van der Waals surface area contributed by atoms with Crippen molar-refractivity contribution in [3.05, 3.63) is 77.1 Å². The van der Waals surface area contributed by atoms with Crippen LogP contribution in [-0.2, 0) is 18.9 Å². The van der Waals surface area contributed by atoms with E-state index in [0.717, 1.165) is 35.7 Å². The summed E-state index contributed by atoms with van der Waals surface area (Å²) in [6.45, 7) is -0.396. The number of nitrogens with zero attached hydrogens (tertiary/aromatic N) is 3. The molecule has 2 heterocycles. The number of rotatable bonds is 4. The van der Waals surface area contributed by atoms with Crippen molar-refractivity contribution in [3.63, 3.8) is 0 Å². The largest absolute Gasteiger partial charge is 0.434 e. The highest BCUT2D eigenvalue weighted by Crippen LogP contribution is 2.35. The second kappa shape index (κ2) is 7.93. The van der Waals surface area contributed by atoms with Crippen molar-refractivity contribution in [1.82, 2.24) is 20.1 Å². The molecule has 2 aromatic heterocycles. The number of fused-ring (bicyclic) bond motifs is 1. The van der Waals surface area contributed by atoms with Crippen LogP contribution in [-0.4, -0.2) is 20.7 Å². The molecule has 0 atom stereocenters. The number of nitrogens with one attached hydrogen (secondary N) is 1. The van der Waals surface area contributed by atoms with Crippen molar-refractivity contribution in [1.29, 1.82) is 0 Å². The van der Waals surface area contributed by atoms with E-state index in [2.05, 4.69) is 15.4 Å². The van der Waals surface area contributed by atoms with Crippen LogP contribution in [0.4, 0.5) is 26.3 Å². The van der Waals surface area contributed by atoms with Gasteiger partial charge in [-0.2, -0.15) is 31.4 Å². The molecule has 0 radical (unpaired) electrons. The van der Waals surface area contributed by atoms with Gasteiger partial charge in [-0.25, -0.2) is 9.67 Å². The Kier molecular flexibility index (Phi) is 5.41. The molecule has 0 spiro atoms. The normalized spacial score (nSPS) is 12.3. The highest BCUT2D eigenvalue weighted by Gasteiger charge is 2.41. The summed E-state index contributed by atoms with van der Waals surface area (Å²) in [6.07, 6.45) is -8.75. The molecule has 0 aliphatic carbocycles. The summed E-state index contributed by atoms with van der Waals surface area (Å²) in [5, 5.41) is 5.85. The van der Waals surface area contributed by atoms with Crippen LogP contribution >= 0.6 is 11.3 Å². The molecule has 0 aliphatic rings. The van der Waals surface area contributed by atoms with E-state index >= 15 is 0 Å². The van der Waals surface area contributed by atoms with Gasteiger partial charge < -0.3 is 5.32 Å². The van der Waals surface area contributed by atoms with Gasteiger partial charge in [0.15, 0.2) is 5.69 Å². The summed E-state index contributed by atoms with van der Waals surface area (Å²) in [7, 11) is 0. The molecule has 1 amide bonds. The van der Waals surface area contributed by atoms with Gasteiger partial charge in [0, 0.05) is 6.54 Å². The molecule has 166 valence electrons. The number of halogens is 6. The lowest BCUT2D eigenvalue weighted by atomic mass is 10.1. The van der Waals surface area contributed by atoms with Gasteiger partial charge in [-0.15, -0.1) is 0 Å². The van der Waals surface area contributed by atoms with Gasteiger partial charge in [0.05, 0.1) is 27.5 Å². The average molecular weight is 470 g/mol. The van der Waals surface area contributed by atoms with Crippen molar-refractivity contribution in [2.75, 3.05) is 0 Å². The molecule has 1 N–H and O–H groups in total. The van der Waals surface area contributed by atoms with Gasteiger partial charge in [-0.1, -0.05) is 35.6 Å². The van der Waals surface area contributed by atoms with Crippen LogP contribution < -0.4 is 5.32 Å². The first kappa shape index (κ1) is 21.8. The Hall–Kier alpha value is -3.41. The third kappa shape index (κ3) is 4.31. The Morgan fingerprint density at radius 3 is 2.44 bits per heavy atom. The Morgan fingerprint density at radius 1 is 1.00 bits per heavy atom. The van der Waals surface area contributed by atoms with Gasteiger partial charge in [0.25, 0.3) is 5.91 Å². The maximum atomic E-state index is 13.8. The molecule has 0 bridgehead atoms. The van der Waals surface area contributed by atoms with Gasteiger partial charge in [0.2, 0.25) is 5.13 Å². The third-order valence-corrected chi connectivity index (χ3v) is 5.47. The first-order valence-electron chi connectivity index (χ1n) is 8.99. The highest BCUT2D eigenvalue weighted by atomic mass is 32.1. The van der Waals surface area contributed by atoms with Crippen LogP contribution in [0, 0.1) is 0 Å². The molecule has 0 aliphatic heterocycles. The predicted molar refractivity (Wildman–Crippen MR) is 104 cm³/mol. The number of aromatic nitrogens is 3. The van der Waals surface area contributed by atoms with E-state index in [-0.39, 0.29) is 10.7 Å². The monoisotopic (exact) mass is 470 g/mol. The second-order valence-corrected chi connectivity index (χ2v) is 7.67. The van der Waals surface area contributed by atoms with Crippen LogP contribution in [0.15, 0.2) is 54.7 Å². The van der Waals surface area contributed by atoms with Crippen molar-refractivity contribution < 1.29 is 31.1 Å². The fourth-order valence-corrected chi connectivity index (χ4v) is 3.95. The molecule has 0 saturated carbocycles. The summed E-state index contributed by atoms with van der Waals surface area (Å²) in [5.74, 6) is -1.12. The first-order chi connectivity index (χ1) is 15.0. The fraction of sp³-hybridized carbons (Fsp3) is 0.150. The lowest BCUT2D eigenvalue weighted by molar-refractivity contribution is -0.143. The highest BCUT2D eigenvalue weighted by molar-refractivity contribution is 7.20. The molecule has 32 heavy (non-hydrogen) atoms. The standard InChI is InChI=1S/C20H12F6N4OS/c21-19(22,23)12-5-3-4-11(8-12)9-27-17(31)13-10-28-30(16(13)20(24,25)26)18-29-14-6-1-2-7-15(14)32-18/h1-8,10H,9H2,(H,27,31). The summed E-state index contributed by atoms with van der Waals surface area (Å²) < 4.78 is 81.1. The minimum Gasteiger partial charge on any atom is -0.348 e. The van der Waals surface area contributed by atoms with E-state index in [9.17, 15) is 31.1 Å². The molecule has 4 rings (SSSR count). The van der Waals surface area contributed by atoms with E-state index < -0.39 is 41.6 Å². The van der Waals surface area contributed by atoms with Gasteiger partial charge in [-0.3, -0.25) is 4.79 Å². The number of amides is 1. The van der Waals surface area contributed by atoms with Crippen molar-refractivity contribution in [3.8, 4) is 5.13 Å². The van der Waals surface area contributed by atoms with Crippen LogP contribution in [0.25, 0.3) is 15.3 Å².